The molecule has 0 radical (unpaired) electrons. The van der Waals surface area contributed by atoms with Gasteiger partial charge in [-0.15, -0.1) is 12.4 Å². The van der Waals surface area contributed by atoms with Crippen LogP contribution in [0.15, 0.2) is 48.5 Å². The number of rotatable bonds is 8. The summed E-state index contributed by atoms with van der Waals surface area (Å²) < 4.78 is 0. The van der Waals surface area contributed by atoms with E-state index in [0.29, 0.717) is 0 Å². The third-order valence-corrected chi connectivity index (χ3v) is 3.80. The van der Waals surface area contributed by atoms with Crippen molar-refractivity contribution in [2.75, 3.05) is 23.7 Å². The van der Waals surface area contributed by atoms with Crippen molar-refractivity contribution < 1.29 is 9.59 Å². The summed E-state index contributed by atoms with van der Waals surface area (Å²) in [6, 6.07) is 15.7. The van der Waals surface area contributed by atoms with Crippen LogP contribution in [0.2, 0.25) is 0 Å². The lowest BCUT2D eigenvalue weighted by Gasteiger charge is -2.12. The van der Waals surface area contributed by atoms with Crippen molar-refractivity contribution in [1.29, 1.82) is 0 Å². The Balaban J connectivity index is 0.00000338. The van der Waals surface area contributed by atoms with Gasteiger partial charge < -0.3 is 16.0 Å². The Hall–Kier alpha value is -2.37. The predicted molar refractivity (Wildman–Crippen MR) is 109 cm³/mol. The number of anilines is 2. The standard InChI is InChI=1S/C20H25N3O2.ClH/c1-15(24)22-19-9-5-3-7-17(19)11-13-21-14-12-18-8-4-6-10-20(18)23-16(2)25;/h3-10,21H,11-14H2,1-2H3,(H,22,24)(H,23,25);1H. The van der Waals surface area contributed by atoms with Gasteiger partial charge in [-0.05, 0) is 49.2 Å². The topological polar surface area (TPSA) is 70.2 Å². The zero-order valence-corrected chi connectivity index (χ0v) is 16.0. The maximum Gasteiger partial charge on any atom is 0.221 e. The fourth-order valence-corrected chi connectivity index (χ4v) is 2.67. The van der Waals surface area contributed by atoms with Crippen LogP contribution in [-0.4, -0.2) is 24.9 Å². The molecule has 0 aromatic heterocycles. The van der Waals surface area contributed by atoms with Crippen LogP contribution >= 0.6 is 12.4 Å². The highest BCUT2D eigenvalue weighted by atomic mass is 35.5. The molecule has 3 N–H and O–H groups in total. The van der Waals surface area contributed by atoms with Gasteiger partial charge in [0.25, 0.3) is 0 Å². The van der Waals surface area contributed by atoms with Crippen LogP contribution in [0, 0.1) is 0 Å². The summed E-state index contributed by atoms with van der Waals surface area (Å²) in [5, 5.41) is 9.14. The molecule has 0 aliphatic rings. The number of para-hydroxylation sites is 2. The third kappa shape index (κ3) is 7.25. The summed E-state index contributed by atoms with van der Waals surface area (Å²) in [6.45, 7) is 4.67. The zero-order valence-electron chi connectivity index (χ0n) is 15.2. The van der Waals surface area contributed by atoms with Crippen molar-refractivity contribution >= 4 is 35.6 Å². The zero-order chi connectivity index (χ0) is 18.1. The van der Waals surface area contributed by atoms with Crippen LogP contribution in [0.4, 0.5) is 11.4 Å². The van der Waals surface area contributed by atoms with E-state index >= 15 is 0 Å². The van der Waals surface area contributed by atoms with Gasteiger partial charge in [-0.1, -0.05) is 36.4 Å². The predicted octanol–water partition coefficient (Wildman–Crippen LogP) is 3.40. The first-order valence-corrected chi connectivity index (χ1v) is 8.48. The van der Waals surface area contributed by atoms with Gasteiger partial charge in [-0.2, -0.15) is 0 Å². The first-order chi connectivity index (χ1) is 12.1. The van der Waals surface area contributed by atoms with Gasteiger partial charge in [0.1, 0.15) is 0 Å². The minimum Gasteiger partial charge on any atom is -0.326 e. The summed E-state index contributed by atoms with van der Waals surface area (Å²) >= 11 is 0. The molecule has 0 spiro atoms. The second-order valence-corrected chi connectivity index (χ2v) is 5.93. The van der Waals surface area contributed by atoms with Crippen molar-refractivity contribution in [3.8, 4) is 0 Å². The average molecular weight is 376 g/mol. The Kier molecular flexibility index (Phi) is 9.41. The molecule has 2 amide bonds. The molecule has 5 nitrogen and oxygen atoms in total. The molecule has 26 heavy (non-hydrogen) atoms. The number of nitrogens with one attached hydrogen (secondary N) is 3. The second kappa shape index (κ2) is 11.3. The molecule has 140 valence electrons. The number of carbonyl (C=O) groups excluding carboxylic acids is 2. The first-order valence-electron chi connectivity index (χ1n) is 8.48. The molecular formula is C20H26ClN3O2. The monoisotopic (exact) mass is 375 g/mol. The molecule has 0 unspecified atom stereocenters. The minimum absolute atomic E-state index is 0. The maximum atomic E-state index is 11.3. The minimum atomic E-state index is -0.0602. The van der Waals surface area contributed by atoms with E-state index in [0.717, 1.165) is 48.4 Å². The Bertz CT molecular complexity index is 673. The summed E-state index contributed by atoms with van der Waals surface area (Å²) in [4.78, 5) is 22.5. The summed E-state index contributed by atoms with van der Waals surface area (Å²) in [7, 11) is 0. The summed E-state index contributed by atoms with van der Waals surface area (Å²) in [6.07, 6.45) is 1.67. The van der Waals surface area contributed by atoms with Gasteiger partial charge in [0.05, 0.1) is 0 Å². The quantitative estimate of drug-likeness (QED) is 0.619. The molecule has 2 rings (SSSR count). The number of hydrogen-bond donors (Lipinski definition) is 3. The Morgan fingerprint density at radius 2 is 1.12 bits per heavy atom. The van der Waals surface area contributed by atoms with Gasteiger partial charge in [0, 0.05) is 25.2 Å². The Morgan fingerprint density at radius 1 is 0.731 bits per heavy atom. The van der Waals surface area contributed by atoms with Crippen molar-refractivity contribution in [1.82, 2.24) is 5.32 Å². The van der Waals surface area contributed by atoms with Crippen LogP contribution < -0.4 is 16.0 Å². The molecule has 0 saturated heterocycles. The highest BCUT2D eigenvalue weighted by Crippen LogP contribution is 2.16. The maximum absolute atomic E-state index is 11.3. The molecule has 0 fully saturated rings. The number of halogens is 1. The van der Waals surface area contributed by atoms with Gasteiger partial charge in [-0.25, -0.2) is 0 Å². The van der Waals surface area contributed by atoms with Crippen LogP contribution in [-0.2, 0) is 22.4 Å². The van der Waals surface area contributed by atoms with Crippen LogP contribution in [0.3, 0.4) is 0 Å². The van der Waals surface area contributed by atoms with E-state index in [4.69, 9.17) is 0 Å². The molecule has 0 saturated carbocycles. The molecule has 0 bridgehead atoms. The van der Waals surface area contributed by atoms with Crippen LogP contribution in [0.1, 0.15) is 25.0 Å². The lowest BCUT2D eigenvalue weighted by molar-refractivity contribution is -0.115. The van der Waals surface area contributed by atoms with Crippen molar-refractivity contribution in [2.24, 2.45) is 0 Å². The van der Waals surface area contributed by atoms with E-state index in [2.05, 4.69) is 16.0 Å². The first kappa shape index (κ1) is 21.7. The average Bonchev–Trinajstić information content (AvgIpc) is 2.56. The lowest BCUT2D eigenvalue weighted by atomic mass is 10.1. The summed E-state index contributed by atoms with van der Waals surface area (Å²) in [5.74, 6) is -0.120. The fourth-order valence-electron chi connectivity index (χ4n) is 2.67. The largest absolute Gasteiger partial charge is 0.326 e. The van der Waals surface area contributed by atoms with E-state index in [9.17, 15) is 9.59 Å². The molecule has 0 atom stereocenters. The van der Waals surface area contributed by atoms with Crippen LogP contribution in [0.5, 0.6) is 0 Å². The van der Waals surface area contributed by atoms with Gasteiger partial charge in [-0.3, -0.25) is 9.59 Å². The lowest BCUT2D eigenvalue weighted by Crippen LogP contribution is -2.21. The van der Waals surface area contributed by atoms with E-state index in [1.165, 1.54) is 13.8 Å². The highest BCUT2D eigenvalue weighted by Gasteiger charge is 2.04. The van der Waals surface area contributed by atoms with E-state index < -0.39 is 0 Å². The van der Waals surface area contributed by atoms with Crippen LogP contribution in [0.25, 0.3) is 0 Å². The molecule has 0 aliphatic carbocycles. The van der Waals surface area contributed by atoms with Crippen molar-refractivity contribution in [3.63, 3.8) is 0 Å². The molecular weight excluding hydrogens is 350 g/mol. The fraction of sp³-hybridized carbons (Fsp3) is 0.300. The normalized spacial score (nSPS) is 9.92. The van der Waals surface area contributed by atoms with Gasteiger partial charge >= 0.3 is 0 Å². The number of hydrogen-bond acceptors (Lipinski definition) is 3. The van der Waals surface area contributed by atoms with Crippen molar-refractivity contribution in [2.45, 2.75) is 26.7 Å². The molecule has 0 heterocycles. The van der Waals surface area contributed by atoms with Gasteiger partial charge in [0.2, 0.25) is 11.8 Å². The molecule has 0 aliphatic heterocycles. The van der Waals surface area contributed by atoms with E-state index in [1.54, 1.807) is 0 Å². The molecule has 2 aromatic carbocycles. The number of amides is 2. The number of carbonyl (C=O) groups is 2. The summed E-state index contributed by atoms with van der Waals surface area (Å²) in [5.41, 5.74) is 3.97. The molecule has 6 heteroatoms. The van der Waals surface area contributed by atoms with Gasteiger partial charge in [0.15, 0.2) is 0 Å². The van der Waals surface area contributed by atoms with E-state index in [-0.39, 0.29) is 24.2 Å². The smallest absolute Gasteiger partial charge is 0.221 e. The van der Waals surface area contributed by atoms with E-state index in [1.807, 2.05) is 48.5 Å². The SMILES string of the molecule is CC(=O)Nc1ccccc1CCNCCc1ccccc1NC(C)=O.Cl. The highest BCUT2D eigenvalue weighted by molar-refractivity contribution is 5.90. The Labute approximate surface area is 161 Å². The Morgan fingerprint density at radius 3 is 1.50 bits per heavy atom. The molecule has 2 aromatic rings. The second-order valence-electron chi connectivity index (χ2n) is 5.93. The van der Waals surface area contributed by atoms with Crippen molar-refractivity contribution in [3.05, 3.63) is 59.7 Å². The third-order valence-electron chi connectivity index (χ3n) is 3.80. The number of benzene rings is 2.